The van der Waals surface area contributed by atoms with E-state index < -0.39 is 6.04 Å². The van der Waals surface area contributed by atoms with Gasteiger partial charge in [-0.3, -0.25) is 4.79 Å². The molecule has 0 spiro atoms. The molecule has 4 heteroatoms. The number of thioether (sulfide) groups is 1. The maximum atomic E-state index is 11.5. The molecule has 0 rings (SSSR count). The van der Waals surface area contributed by atoms with Crippen molar-refractivity contribution in [1.29, 1.82) is 0 Å². The highest BCUT2D eigenvalue weighted by Crippen LogP contribution is 2.21. The third-order valence-electron chi connectivity index (χ3n) is 2.61. The standard InChI is InChI=1S/C14H29NO2S/c1-5-6-9-17-13(16)12(15)7-10-18-11-8-14(2,3)4/h12H,5-11,15H2,1-4H3. The normalized spacial score (nSPS) is 13.4. The van der Waals surface area contributed by atoms with E-state index in [4.69, 9.17) is 10.5 Å². The predicted octanol–water partition coefficient (Wildman–Crippen LogP) is 3.22. The van der Waals surface area contributed by atoms with Crippen molar-refractivity contribution in [1.82, 2.24) is 0 Å². The monoisotopic (exact) mass is 275 g/mol. The number of unbranched alkanes of at least 4 members (excludes halogenated alkanes) is 1. The van der Waals surface area contributed by atoms with Gasteiger partial charge in [-0.15, -0.1) is 0 Å². The molecule has 108 valence electrons. The molecule has 2 N–H and O–H groups in total. The fourth-order valence-corrected chi connectivity index (χ4v) is 2.61. The molecule has 0 radical (unpaired) electrons. The van der Waals surface area contributed by atoms with Crippen LogP contribution in [-0.2, 0) is 9.53 Å². The first-order chi connectivity index (χ1) is 8.37. The first-order valence-corrected chi connectivity index (χ1v) is 8.02. The molecule has 3 nitrogen and oxygen atoms in total. The summed E-state index contributed by atoms with van der Waals surface area (Å²) in [7, 11) is 0. The van der Waals surface area contributed by atoms with E-state index in [0.717, 1.165) is 24.3 Å². The number of carbonyl (C=O) groups excluding carboxylic acids is 1. The van der Waals surface area contributed by atoms with Gasteiger partial charge in [-0.25, -0.2) is 0 Å². The second-order valence-corrected chi connectivity index (χ2v) is 7.06. The Morgan fingerprint density at radius 3 is 2.56 bits per heavy atom. The van der Waals surface area contributed by atoms with Crippen molar-refractivity contribution in [3.63, 3.8) is 0 Å². The molecule has 0 aliphatic heterocycles. The number of hydrogen-bond donors (Lipinski definition) is 1. The number of esters is 1. The molecule has 0 aromatic carbocycles. The third kappa shape index (κ3) is 10.9. The number of nitrogens with two attached hydrogens (primary N) is 1. The van der Waals surface area contributed by atoms with Crippen LogP contribution >= 0.6 is 11.8 Å². The van der Waals surface area contributed by atoms with Gasteiger partial charge in [0, 0.05) is 0 Å². The lowest BCUT2D eigenvalue weighted by Gasteiger charge is -2.17. The molecular weight excluding hydrogens is 246 g/mol. The minimum atomic E-state index is -0.455. The molecule has 0 saturated carbocycles. The Morgan fingerprint density at radius 2 is 2.00 bits per heavy atom. The van der Waals surface area contributed by atoms with Crippen molar-refractivity contribution in [3.8, 4) is 0 Å². The van der Waals surface area contributed by atoms with Crippen LogP contribution in [0.3, 0.4) is 0 Å². The summed E-state index contributed by atoms with van der Waals surface area (Å²) in [4.78, 5) is 11.5. The van der Waals surface area contributed by atoms with E-state index in [1.54, 1.807) is 0 Å². The second-order valence-electron chi connectivity index (χ2n) is 5.84. The fraction of sp³-hybridized carbons (Fsp3) is 0.929. The lowest BCUT2D eigenvalue weighted by molar-refractivity contribution is -0.145. The van der Waals surface area contributed by atoms with E-state index in [2.05, 4.69) is 27.7 Å². The highest BCUT2D eigenvalue weighted by atomic mass is 32.2. The molecule has 0 fully saturated rings. The summed E-state index contributed by atoms with van der Waals surface area (Å²) in [5.41, 5.74) is 6.16. The summed E-state index contributed by atoms with van der Waals surface area (Å²) < 4.78 is 5.08. The van der Waals surface area contributed by atoms with Crippen LogP contribution in [0.2, 0.25) is 0 Å². The van der Waals surface area contributed by atoms with Crippen LogP contribution in [0.1, 0.15) is 53.4 Å². The van der Waals surface area contributed by atoms with Gasteiger partial charge < -0.3 is 10.5 Å². The number of rotatable bonds is 9. The first-order valence-electron chi connectivity index (χ1n) is 6.87. The van der Waals surface area contributed by atoms with Crippen molar-refractivity contribution >= 4 is 17.7 Å². The van der Waals surface area contributed by atoms with E-state index in [1.165, 1.54) is 6.42 Å². The Labute approximate surface area is 116 Å². The Bertz CT molecular complexity index is 226. The SMILES string of the molecule is CCCCOC(=O)C(N)CCSCCC(C)(C)C. The van der Waals surface area contributed by atoms with Crippen LogP contribution in [0, 0.1) is 5.41 Å². The zero-order chi connectivity index (χ0) is 14.0. The minimum absolute atomic E-state index is 0.250. The highest BCUT2D eigenvalue weighted by Gasteiger charge is 2.15. The summed E-state index contributed by atoms with van der Waals surface area (Å²) >= 11 is 1.87. The predicted molar refractivity (Wildman–Crippen MR) is 79.9 cm³/mol. The van der Waals surface area contributed by atoms with Crippen LogP contribution in [0.25, 0.3) is 0 Å². The number of ether oxygens (including phenoxy) is 1. The van der Waals surface area contributed by atoms with Gasteiger partial charge in [-0.05, 0) is 36.2 Å². The number of hydrogen-bond acceptors (Lipinski definition) is 4. The Morgan fingerprint density at radius 1 is 1.33 bits per heavy atom. The van der Waals surface area contributed by atoms with E-state index in [9.17, 15) is 4.79 Å². The molecular formula is C14H29NO2S. The van der Waals surface area contributed by atoms with Crippen molar-refractivity contribution in [2.45, 2.75) is 59.4 Å². The highest BCUT2D eigenvalue weighted by molar-refractivity contribution is 7.99. The van der Waals surface area contributed by atoms with Gasteiger partial charge in [-0.2, -0.15) is 11.8 Å². The Kier molecular flexibility index (Phi) is 9.56. The van der Waals surface area contributed by atoms with Crippen molar-refractivity contribution in [3.05, 3.63) is 0 Å². The zero-order valence-corrected chi connectivity index (χ0v) is 13.1. The number of carbonyl (C=O) groups is 1. The lowest BCUT2D eigenvalue weighted by atomic mass is 9.94. The van der Waals surface area contributed by atoms with E-state index in [1.807, 2.05) is 11.8 Å². The molecule has 0 aliphatic rings. The van der Waals surface area contributed by atoms with Gasteiger partial charge in [0.2, 0.25) is 0 Å². The van der Waals surface area contributed by atoms with Crippen LogP contribution in [0.5, 0.6) is 0 Å². The molecule has 1 atom stereocenters. The van der Waals surface area contributed by atoms with Crippen molar-refractivity contribution < 1.29 is 9.53 Å². The largest absolute Gasteiger partial charge is 0.465 e. The average molecular weight is 275 g/mol. The molecule has 0 saturated heterocycles. The summed E-state index contributed by atoms with van der Waals surface area (Å²) in [6.07, 6.45) is 3.84. The van der Waals surface area contributed by atoms with Crippen LogP contribution in [-0.4, -0.2) is 30.1 Å². The summed E-state index contributed by atoms with van der Waals surface area (Å²) in [6.45, 7) is 9.29. The quantitative estimate of drug-likeness (QED) is 0.518. The van der Waals surface area contributed by atoms with Gasteiger partial charge in [0.05, 0.1) is 6.61 Å². The molecule has 0 amide bonds. The van der Waals surface area contributed by atoms with Crippen molar-refractivity contribution in [2.24, 2.45) is 11.1 Å². The van der Waals surface area contributed by atoms with Crippen LogP contribution in [0.4, 0.5) is 0 Å². The molecule has 1 unspecified atom stereocenters. The van der Waals surface area contributed by atoms with Gasteiger partial charge in [0.25, 0.3) is 0 Å². The third-order valence-corrected chi connectivity index (χ3v) is 3.63. The smallest absolute Gasteiger partial charge is 0.322 e. The minimum Gasteiger partial charge on any atom is -0.465 e. The molecule has 18 heavy (non-hydrogen) atoms. The average Bonchev–Trinajstić information content (AvgIpc) is 2.27. The van der Waals surface area contributed by atoms with E-state index in [-0.39, 0.29) is 5.97 Å². The topological polar surface area (TPSA) is 52.3 Å². The maximum absolute atomic E-state index is 11.5. The van der Waals surface area contributed by atoms with Crippen molar-refractivity contribution in [2.75, 3.05) is 18.1 Å². The molecule has 0 bridgehead atoms. The van der Waals surface area contributed by atoms with E-state index >= 15 is 0 Å². The van der Waals surface area contributed by atoms with Gasteiger partial charge >= 0.3 is 5.97 Å². The zero-order valence-electron chi connectivity index (χ0n) is 12.3. The summed E-state index contributed by atoms with van der Waals surface area (Å²) in [5.74, 6) is 1.81. The molecule has 0 aliphatic carbocycles. The second kappa shape index (κ2) is 9.68. The summed E-state index contributed by atoms with van der Waals surface area (Å²) in [5, 5.41) is 0. The summed E-state index contributed by atoms with van der Waals surface area (Å²) in [6, 6.07) is -0.455. The van der Waals surface area contributed by atoms with Gasteiger partial charge in [0.1, 0.15) is 6.04 Å². The lowest BCUT2D eigenvalue weighted by Crippen LogP contribution is -2.33. The van der Waals surface area contributed by atoms with E-state index in [0.29, 0.717) is 18.4 Å². The first kappa shape index (κ1) is 17.8. The molecule has 0 aromatic heterocycles. The Balaban J connectivity index is 3.52. The van der Waals surface area contributed by atoms with Crippen LogP contribution in [0.15, 0.2) is 0 Å². The van der Waals surface area contributed by atoms with Crippen LogP contribution < -0.4 is 5.73 Å². The van der Waals surface area contributed by atoms with Gasteiger partial charge in [-0.1, -0.05) is 34.1 Å². The van der Waals surface area contributed by atoms with Gasteiger partial charge in [0.15, 0.2) is 0 Å². The Hall–Kier alpha value is -0.220. The maximum Gasteiger partial charge on any atom is 0.322 e. The molecule has 0 heterocycles. The fourth-order valence-electron chi connectivity index (χ4n) is 1.23. The molecule has 0 aromatic rings.